The van der Waals surface area contributed by atoms with Gasteiger partial charge >= 0.3 is 5.97 Å². The zero-order valence-electron chi connectivity index (χ0n) is 14.3. The highest BCUT2D eigenvalue weighted by Gasteiger charge is 2.10. The first-order valence-electron chi connectivity index (χ1n) is 7.76. The molecule has 7 heteroatoms. The quantitative estimate of drug-likeness (QED) is 0.472. The second-order valence-electron chi connectivity index (χ2n) is 5.22. The Bertz CT molecular complexity index is 895. The first-order valence-corrected chi connectivity index (χ1v) is 7.76. The van der Waals surface area contributed by atoms with E-state index in [0.717, 1.165) is 5.56 Å². The molecule has 0 saturated heterocycles. The van der Waals surface area contributed by atoms with Crippen LogP contribution >= 0.6 is 0 Å². The number of ether oxygens (including phenoxy) is 3. The first-order chi connectivity index (χ1) is 12.7. The van der Waals surface area contributed by atoms with E-state index < -0.39 is 5.97 Å². The topological polar surface area (TPSA) is 83.9 Å². The first kappa shape index (κ1) is 17.3. The van der Waals surface area contributed by atoms with Crippen LogP contribution in [-0.2, 0) is 16.1 Å². The maximum Gasteiger partial charge on any atom is 0.331 e. The van der Waals surface area contributed by atoms with Gasteiger partial charge in [0.05, 0.1) is 20.5 Å². The highest BCUT2D eigenvalue weighted by molar-refractivity contribution is 5.87. The molecule has 134 valence electrons. The third-order valence-corrected chi connectivity index (χ3v) is 3.50. The van der Waals surface area contributed by atoms with Gasteiger partial charge in [-0.3, -0.25) is 0 Å². The molecule has 0 aliphatic rings. The fraction of sp³-hybridized carbons (Fsp3) is 0.158. The minimum absolute atomic E-state index is 0.000679. The fourth-order valence-corrected chi connectivity index (χ4v) is 2.23. The predicted octanol–water partition coefficient (Wildman–Crippen LogP) is 3.71. The summed E-state index contributed by atoms with van der Waals surface area (Å²) in [4.78, 5) is 11.9. The van der Waals surface area contributed by atoms with Crippen molar-refractivity contribution in [1.82, 2.24) is 5.16 Å². The standard InChI is InChI=1S/C19H17NO6/c1-22-15-7-5-13(10-17(15)23-2)6-8-19(21)25-12-14-11-18(26-20-14)16-4-3-9-24-16/h3-11H,12H2,1-2H3. The normalized spacial score (nSPS) is 10.8. The van der Waals surface area contributed by atoms with Crippen molar-refractivity contribution >= 4 is 12.0 Å². The molecule has 0 aliphatic carbocycles. The molecule has 3 aromatic rings. The zero-order valence-corrected chi connectivity index (χ0v) is 14.3. The monoisotopic (exact) mass is 355 g/mol. The Labute approximate surface area is 149 Å². The number of aromatic nitrogens is 1. The molecule has 0 saturated carbocycles. The Morgan fingerprint density at radius 1 is 1.12 bits per heavy atom. The van der Waals surface area contributed by atoms with Crippen LogP contribution in [0.4, 0.5) is 0 Å². The largest absolute Gasteiger partial charge is 0.493 e. The van der Waals surface area contributed by atoms with E-state index in [9.17, 15) is 4.79 Å². The van der Waals surface area contributed by atoms with Crippen LogP contribution in [0, 0.1) is 0 Å². The number of hydrogen-bond acceptors (Lipinski definition) is 7. The lowest BCUT2D eigenvalue weighted by atomic mass is 10.2. The number of furan rings is 1. The lowest BCUT2D eigenvalue weighted by Crippen LogP contribution is -2.00. The van der Waals surface area contributed by atoms with Crippen LogP contribution < -0.4 is 9.47 Å². The number of methoxy groups -OCH3 is 2. The van der Waals surface area contributed by atoms with Gasteiger partial charge in [0.15, 0.2) is 17.3 Å². The molecule has 0 fully saturated rings. The summed E-state index contributed by atoms with van der Waals surface area (Å²) < 4.78 is 25.9. The summed E-state index contributed by atoms with van der Waals surface area (Å²) >= 11 is 0. The summed E-state index contributed by atoms with van der Waals surface area (Å²) in [5, 5.41) is 3.84. The van der Waals surface area contributed by atoms with Gasteiger partial charge in [-0.2, -0.15) is 0 Å². The molecule has 2 heterocycles. The van der Waals surface area contributed by atoms with Gasteiger partial charge in [0.2, 0.25) is 5.76 Å². The van der Waals surface area contributed by atoms with Crippen molar-refractivity contribution in [1.29, 1.82) is 0 Å². The third-order valence-electron chi connectivity index (χ3n) is 3.50. The number of benzene rings is 1. The summed E-state index contributed by atoms with van der Waals surface area (Å²) in [5.74, 6) is 1.73. The average molecular weight is 355 g/mol. The number of esters is 1. The Balaban J connectivity index is 1.56. The lowest BCUT2D eigenvalue weighted by Gasteiger charge is -2.07. The molecule has 0 radical (unpaired) electrons. The van der Waals surface area contributed by atoms with E-state index in [2.05, 4.69) is 5.16 Å². The van der Waals surface area contributed by atoms with E-state index in [-0.39, 0.29) is 6.61 Å². The van der Waals surface area contributed by atoms with Crippen molar-refractivity contribution in [3.63, 3.8) is 0 Å². The van der Waals surface area contributed by atoms with Gasteiger partial charge in [-0.05, 0) is 35.9 Å². The van der Waals surface area contributed by atoms with E-state index in [1.807, 2.05) is 0 Å². The fourth-order valence-electron chi connectivity index (χ4n) is 2.23. The van der Waals surface area contributed by atoms with E-state index in [1.54, 1.807) is 56.7 Å². The molecule has 0 bridgehead atoms. The molecule has 0 unspecified atom stereocenters. The summed E-state index contributed by atoms with van der Waals surface area (Å²) in [5.41, 5.74) is 1.27. The number of hydrogen-bond donors (Lipinski definition) is 0. The molecular weight excluding hydrogens is 338 g/mol. The molecule has 3 rings (SSSR count). The molecule has 0 atom stereocenters. The van der Waals surface area contributed by atoms with Gasteiger partial charge in [0.1, 0.15) is 12.3 Å². The molecule has 0 N–H and O–H groups in total. The summed E-state index contributed by atoms with van der Waals surface area (Å²) in [6.45, 7) is -0.000679. The van der Waals surface area contributed by atoms with Gasteiger partial charge in [0, 0.05) is 12.1 Å². The Morgan fingerprint density at radius 3 is 2.69 bits per heavy atom. The van der Waals surface area contributed by atoms with E-state index in [0.29, 0.717) is 28.7 Å². The van der Waals surface area contributed by atoms with Crippen LogP contribution in [0.5, 0.6) is 11.5 Å². The zero-order chi connectivity index (χ0) is 18.4. The van der Waals surface area contributed by atoms with E-state index in [1.165, 1.54) is 12.3 Å². The highest BCUT2D eigenvalue weighted by atomic mass is 16.5. The second kappa shape index (κ2) is 8.06. The summed E-state index contributed by atoms with van der Waals surface area (Å²) in [6.07, 6.45) is 4.49. The summed E-state index contributed by atoms with van der Waals surface area (Å²) in [6, 6.07) is 10.5. The smallest absolute Gasteiger partial charge is 0.331 e. The van der Waals surface area contributed by atoms with Crippen molar-refractivity contribution in [3.8, 4) is 23.0 Å². The van der Waals surface area contributed by atoms with Gasteiger partial charge < -0.3 is 23.2 Å². The third kappa shape index (κ3) is 4.13. The minimum atomic E-state index is -0.498. The van der Waals surface area contributed by atoms with Crippen molar-refractivity contribution in [2.45, 2.75) is 6.61 Å². The van der Waals surface area contributed by atoms with Gasteiger partial charge in [-0.25, -0.2) is 4.79 Å². The molecule has 0 amide bonds. The maximum atomic E-state index is 11.9. The number of rotatable bonds is 7. The summed E-state index contributed by atoms with van der Waals surface area (Å²) in [7, 11) is 3.11. The van der Waals surface area contributed by atoms with Crippen molar-refractivity contribution in [2.75, 3.05) is 14.2 Å². The highest BCUT2D eigenvalue weighted by Crippen LogP contribution is 2.28. The Morgan fingerprint density at radius 2 is 1.96 bits per heavy atom. The second-order valence-corrected chi connectivity index (χ2v) is 5.22. The molecule has 2 aromatic heterocycles. The van der Waals surface area contributed by atoms with Crippen LogP contribution in [0.3, 0.4) is 0 Å². The van der Waals surface area contributed by atoms with Crippen LogP contribution in [0.15, 0.2) is 57.7 Å². The predicted molar refractivity (Wildman–Crippen MR) is 92.6 cm³/mol. The average Bonchev–Trinajstić information content (AvgIpc) is 3.35. The van der Waals surface area contributed by atoms with Crippen LogP contribution in [0.1, 0.15) is 11.3 Å². The SMILES string of the molecule is COc1ccc(C=CC(=O)OCc2cc(-c3ccco3)on2)cc1OC. The van der Waals surface area contributed by atoms with Crippen molar-refractivity contribution in [3.05, 3.63) is 60.0 Å². The van der Waals surface area contributed by atoms with E-state index in [4.69, 9.17) is 23.2 Å². The van der Waals surface area contributed by atoms with Crippen molar-refractivity contribution in [2.24, 2.45) is 0 Å². The molecular formula is C19H17NO6. The van der Waals surface area contributed by atoms with E-state index >= 15 is 0 Å². The van der Waals surface area contributed by atoms with Gasteiger partial charge in [0.25, 0.3) is 0 Å². The lowest BCUT2D eigenvalue weighted by molar-refractivity contribution is -0.139. The van der Waals surface area contributed by atoms with Crippen LogP contribution in [0.25, 0.3) is 17.6 Å². The molecule has 26 heavy (non-hydrogen) atoms. The van der Waals surface area contributed by atoms with Crippen LogP contribution in [-0.4, -0.2) is 25.3 Å². The Kier molecular flexibility index (Phi) is 5.38. The number of carbonyl (C=O) groups excluding carboxylic acids is 1. The number of nitrogens with zero attached hydrogens (tertiary/aromatic N) is 1. The van der Waals surface area contributed by atoms with Gasteiger partial charge in [-0.15, -0.1) is 0 Å². The number of carbonyl (C=O) groups is 1. The maximum absolute atomic E-state index is 11.9. The molecule has 7 nitrogen and oxygen atoms in total. The minimum Gasteiger partial charge on any atom is -0.493 e. The molecule has 0 spiro atoms. The van der Waals surface area contributed by atoms with Gasteiger partial charge in [-0.1, -0.05) is 11.2 Å². The van der Waals surface area contributed by atoms with Crippen molar-refractivity contribution < 1.29 is 27.9 Å². The molecule has 0 aliphatic heterocycles. The Hall–Kier alpha value is -3.48. The van der Waals surface area contributed by atoms with Crippen LogP contribution in [0.2, 0.25) is 0 Å². The molecule has 1 aromatic carbocycles.